The molecule has 0 spiro atoms. The molecule has 0 N–H and O–H groups in total. The first-order valence-corrected chi connectivity index (χ1v) is 19.8. The fraction of sp³-hybridized carbons (Fsp3) is 0.349. The lowest BCUT2D eigenvalue weighted by Crippen LogP contribution is -2.32. The van der Waals surface area contributed by atoms with Gasteiger partial charge in [0.15, 0.2) is 0 Å². The second kappa shape index (κ2) is 10.8. The molecule has 0 amide bonds. The van der Waals surface area contributed by atoms with Crippen molar-refractivity contribution in [2.75, 3.05) is 0 Å². The third kappa shape index (κ3) is 3.61. The fourth-order valence-corrected chi connectivity index (χ4v) is 11.8. The summed E-state index contributed by atoms with van der Waals surface area (Å²) in [5.41, 5.74) is 19.7. The second-order valence-corrected chi connectivity index (χ2v) is 16.5. The van der Waals surface area contributed by atoms with Crippen LogP contribution in [0, 0.1) is 0 Å². The maximum Gasteiger partial charge on any atom is 0.0342 e. The quantitative estimate of drug-likeness (QED) is 0.155. The van der Waals surface area contributed by atoms with E-state index in [1.54, 1.807) is 27.8 Å². The van der Waals surface area contributed by atoms with Gasteiger partial charge in [0.2, 0.25) is 0 Å². The zero-order valence-corrected chi connectivity index (χ0v) is 31.8. The molecule has 0 fully saturated rings. The fourth-order valence-electron chi connectivity index (χ4n) is 10.4. The Morgan fingerprint density at radius 3 is 1.43 bits per heavy atom. The standard InChI is InChI=1S/C43H42Br2S/c1-7-41(8-2)32-23-26(44)16-19-28(32)35-36-29-20-17-27(45)24-33(29)43(11-5,12-6)39(36)40-37(38(35)41)30-18-15-25(34-14-13-21-46-34)22-31(30)42(40,9-3)10-4/h13-24H,7-12H2,1-6H3. The smallest absolute Gasteiger partial charge is 0.0342 e. The zero-order chi connectivity index (χ0) is 32.2. The number of hydrogen-bond donors (Lipinski definition) is 0. The summed E-state index contributed by atoms with van der Waals surface area (Å²) in [5.74, 6) is 0. The van der Waals surface area contributed by atoms with Gasteiger partial charge in [-0.05, 0) is 153 Å². The average molecular weight is 751 g/mol. The van der Waals surface area contributed by atoms with Crippen LogP contribution >= 0.6 is 43.2 Å². The summed E-state index contributed by atoms with van der Waals surface area (Å²) in [6.07, 6.45) is 6.53. The third-order valence-electron chi connectivity index (χ3n) is 12.7. The maximum absolute atomic E-state index is 3.91. The van der Waals surface area contributed by atoms with E-state index in [1.165, 1.54) is 58.3 Å². The van der Waals surface area contributed by atoms with Gasteiger partial charge in [-0.25, -0.2) is 0 Å². The molecule has 0 saturated carbocycles. The zero-order valence-electron chi connectivity index (χ0n) is 27.8. The first-order valence-electron chi connectivity index (χ1n) is 17.4. The highest BCUT2D eigenvalue weighted by Crippen LogP contribution is 2.70. The molecule has 3 heteroatoms. The summed E-state index contributed by atoms with van der Waals surface area (Å²) in [6.45, 7) is 14.6. The maximum atomic E-state index is 3.91. The molecule has 0 unspecified atom stereocenters. The van der Waals surface area contributed by atoms with Crippen molar-refractivity contribution in [1.82, 2.24) is 0 Å². The number of fused-ring (bicyclic) bond motifs is 12. The van der Waals surface area contributed by atoms with Crippen LogP contribution in [0.3, 0.4) is 0 Å². The SMILES string of the molecule is CCC1(CC)c2cc(Br)ccc2-c2c3c(c4c(c21)-c1ccc(-c2cccs2)cc1C4(CC)CC)C(CC)(CC)c1cc(Br)ccc1-3. The molecule has 1 aromatic heterocycles. The van der Waals surface area contributed by atoms with Gasteiger partial charge in [0.1, 0.15) is 0 Å². The Morgan fingerprint density at radius 1 is 0.500 bits per heavy atom. The average Bonchev–Trinajstić information content (AvgIpc) is 3.83. The third-order valence-corrected chi connectivity index (χ3v) is 14.6. The molecular weight excluding hydrogens is 708 g/mol. The lowest BCUT2D eigenvalue weighted by molar-refractivity contribution is 0.445. The van der Waals surface area contributed by atoms with Crippen molar-refractivity contribution in [2.45, 2.75) is 96.3 Å². The Hall–Kier alpha value is -2.46. The van der Waals surface area contributed by atoms with Gasteiger partial charge in [0.05, 0.1) is 0 Å². The van der Waals surface area contributed by atoms with Crippen molar-refractivity contribution in [3.8, 4) is 43.8 Å². The number of thiophene rings is 1. The Bertz CT molecular complexity index is 2030. The van der Waals surface area contributed by atoms with E-state index in [-0.39, 0.29) is 16.2 Å². The van der Waals surface area contributed by atoms with Gasteiger partial charge in [-0.1, -0.05) is 104 Å². The number of hydrogen-bond acceptors (Lipinski definition) is 1. The second-order valence-electron chi connectivity index (χ2n) is 13.7. The summed E-state index contributed by atoms with van der Waals surface area (Å²) in [5, 5.41) is 2.21. The van der Waals surface area contributed by atoms with E-state index in [2.05, 4.69) is 146 Å². The highest BCUT2D eigenvalue weighted by molar-refractivity contribution is 9.10. The van der Waals surface area contributed by atoms with Crippen LogP contribution in [-0.4, -0.2) is 0 Å². The van der Waals surface area contributed by atoms with Gasteiger partial charge < -0.3 is 0 Å². The molecule has 234 valence electrons. The van der Waals surface area contributed by atoms with Crippen molar-refractivity contribution in [1.29, 1.82) is 0 Å². The number of benzene rings is 4. The Kier molecular flexibility index (Phi) is 7.23. The molecule has 0 saturated heterocycles. The van der Waals surface area contributed by atoms with E-state index in [9.17, 15) is 0 Å². The summed E-state index contributed by atoms with van der Waals surface area (Å²) in [6, 6.07) is 26.3. The van der Waals surface area contributed by atoms with Crippen LogP contribution in [0.5, 0.6) is 0 Å². The van der Waals surface area contributed by atoms with Crippen molar-refractivity contribution < 1.29 is 0 Å². The molecule has 4 aromatic carbocycles. The van der Waals surface area contributed by atoms with Gasteiger partial charge in [0.25, 0.3) is 0 Å². The first-order chi connectivity index (χ1) is 22.3. The molecule has 0 bridgehead atoms. The lowest BCUT2D eigenvalue weighted by atomic mass is 9.63. The Labute approximate surface area is 295 Å². The molecule has 3 aliphatic carbocycles. The van der Waals surface area contributed by atoms with E-state index in [0.717, 1.165) is 38.5 Å². The molecule has 0 atom stereocenters. The lowest BCUT2D eigenvalue weighted by Gasteiger charge is -2.39. The summed E-state index contributed by atoms with van der Waals surface area (Å²) in [4.78, 5) is 1.36. The molecule has 1 heterocycles. The summed E-state index contributed by atoms with van der Waals surface area (Å²) in [7, 11) is 0. The van der Waals surface area contributed by atoms with E-state index in [0.29, 0.717) is 0 Å². The Balaban J connectivity index is 1.64. The van der Waals surface area contributed by atoms with Gasteiger partial charge in [0, 0.05) is 30.1 Å². The molecule has 0 nitrogen and oxygen atoms in total. The van der Waals surface area contributed by atoms with E-state index < -0.39 is 0 Å². The van der Waals surface area contributed by atoms with Crippen molar-refractivity contribution in [2.24, 2.45) is 0 Å². The molecule has 46 heavy (non-hydrogen) atoms. The van der Waals surface area contributed by atoms with E-state index in [4.69, 9.17) is 0 Å². The topological polar surface area (TPSA) is 0 Å². The Morgan fingerprint density at radius 2 is 0.935 bits per heavy atom. The summed E-state index contributed by atoms with van der Waals surface area (Å²) < 4.78 is 2.36. The minimum atomic E-state index is -0.0476. The van der Waals surface area contributed by atoms with Crippen LogP contribution in [0.25, 0.3) is 43.8 Å². The van der Waals surface area contributed by atoms with Gasteiger partial charge in [-0.15, -0.1) is 11.3 Å². The van der Waals surface area contributed by atoms with Gasteiger partial charge in [-0.3, -0.25) is 0 Å². The normalized spacial score (nSPS) is 16.9. The molecule has 8 rings (SSSR count). The summed E-state index contributed by atoms with van der Waals surface area (Å²) >= 11 is 9.67. The van der Waals surface area contributed by atoms with Crippen molar-refractivity contribution in [3.63, 3.8) is 0 Å². The molecular formula is C43H42Br2S. The van der Waals surface area contributed by atoms with Crippen LogP contribution in [-0.2, 0) is 16.2 Å². The van der Waals surface area contributed by atoms with Crippen LogP contribution < -0.4 is 0 Å². The van der Waals surface area contributed by atoms with Crippen molar-refractivity contribution >= 4 is 43.2 Å². The largest absolute Gasteiger partial charge is 0.144 e. The van der Waals surface area contributed by atoms with Crippen LogP contribution in [0.1, 0.15) is 113 Å². The van der Waals surface area contributed by atoms with E-state index >= 15 is 0 Å². The molecule has 3 aliphatic rings. The molecule has 0 radical (unpaired) electrons. The molecule has 5 aromatic rings. The van der Waals surface area contributed by atoms with Crippen LogP contribution in [0.4, 0.5) is 0 Å². The highest BCUT2D eigenvalue weighted by Gasteiger charge is 2.56. The monoisotopic (exact) mass is 748 g/mol. The van der Waals surface area contributed by atoms with Gasteiger partial charge in [-0.2, -0.15) is 0 Å². The predicted octanol–water partition coefficient (Wildman–Crippen LogP) is 14.2. The predicted molar refractivity (Wildman–Crippen MR) is 206 cm³/mol. The minimum Gasteiger partial charge on any atom is -0.144 e. The first kappa shape index (κ1) is 30.8. The van der Waals surface area contributed by atoms with Crippen molar-refractivity contribution in [3.05, 3.63) is 114 Å². The number of rotatable bonds is 7. The number of halogens is 2. The molecule has 0 aliphatic heterocycles. The van der Waals surface area contributed by atoms with Crippen LogP contribution in [0.2, 0.25) is 0 Å². The van der Waals surface area contributed by atoms with Crippen LogP contribution in [0.15, 0.2) is 81.1 Å². The van der Waals surface area contributed by atoms with Gasteiger partial charge >= 0.3 is 0 Å². The van der Waals surface area contributed by atoms with E-state index in [1.807, 2.05) is 11.3 Å². The minimum absolute atomic E-state index is 0.0407. The highest BCUT2D eigenvalue weighted by atomic mass is 79.9.